The van der Waals surface area contributed by atoms with E-state index >= 15 is 0 Å². The van der Waals surface area contributed by atoms with Crippen molar-refractivity contribution >= 4 is 33.2 Å². The first-order valence-electron chi connectivity index (χ1n) is 6.77. The van der Waals surface area contributed by atoms with Crippen LogP contribution in [0.15, 0.2) is 18.2 Å². The van der Waals surface area contributed by atoms with E-state index in [0.29, 0.717) is 22.4 Å². The zero-order chi connectivity index (χ0) is 15.4. The average molecular weight is 308 g/mol. The average Bonchev–Trinajstić information content (AvgIpc) is 2.81. The van der Waals surface area contributed by atoms with Gasteiger partial charge in [0.1, 0.15) is 5.82 Å². The number of rotatable bonds is 5. The van der Waals surface area contributed by atoms with Crippen LogP contribution < -0.4 is 10.6 Å². The molecule has 0 aliphatic carbocycles. The molecule has 4 nitrogen and oxygen atoms in total. The van der Waals surface area contributed by atoms with E-state index < -0.39 is 0 Å². The summed E-state index contributed by atoms with van der Waals surface area (Å²) in [7, 11) is 0. The van der Waals surface area contributed by atoms with Crippen LogP contribution in [0.3, 0.4) is 0 Å². The molecular formula is C15H17FN2O2S. The van der Waals surface area contributed by atoms with Crippen LogP contribution in [-0.2, 0) is 4.79 Å². The summed E-state index contributed by atoms with van der Waals surface area (Å²) in [4.78, 5) is 24.0. The van der Waals surface area contributed by atoms with Gasteiger partial charge in [-0.15, -0.1) is 11.3 Å². The summed E-state index contributed by atoms with van der Waals surface area (Å²) >= 11 is 1.23. The summed E-state index contributed by atoms with van der Waals surface area (Å²) < 4.78 is 14.5. The lowest BCUT2D eigenvalue weighted by Crippen LogP contribution is -2.37. The highest BCUT2D eigenvalue weighted by Crippen LogP contribution is 2.32. The van der Waals surface area contributed by atoms with Crippen LogP contribution in [0, 0.1) is 12.7 Å². The molecule has 0 atom stereocenters. The van der Waals surface area contributed by atoms with E-state index in [9.17, 15) is 14.0 Å². The van der Waals surface area contributed by atoms with Crippen molar-refractivity contribution in [2.45, 2.75) is 20.3 Å². The number of hydrogen-bond acceptors (Lipinski definition) is 3. The zero-order valence-corrected chi connectivity index (χ0v) is 12.8. The highest BCUT2D eigenvalue weighted by atomic mass is 32.1. The van der Waals surface area contributed by atoms with Crippen molar-refractivity contribution in [2.75, 3.05) is 13.1 Å². The monoisotopic (exact) mass is 308 g/mol. The molecule has 0 radical (unpaired) electrons. The number of benzene rings is 1. The molecule has 0 saturated carbocycles. The third kappa shape index (κ3) is 3.39. The Morgan fingerprint density at radius 3 is 2.71 bits per heavy atom. The summed E-state index contributed by atoms with van der Waals surface area (Å²) in [5.41, 5.74) is 0.611. The van der Waals surface area contributed by atoms with E-state index in [-0.39, 0.29) is 24.2 Å². The summed E-state index contributed by atoms with van der Waals surface area (Å²) in [6.45, 7) is 4.18. The zero-order valence-electron chi connectivity index (χ0n) is 12.0. The Kier molecular flexibility index (Phi) is 4.90. The van der Waals surface area contributed by atoms with Crippen molar-refractivity contribution in [1.82, 2.24) is 10.6 Å². The molecule has 1 aromatic carbocycles. The first kappa shape index (κ1) is 15.4. The maximum atomic E-state index is 13.8. The standard InChI is InChI=1S/C15H17FN2O2S/c1-3-7-17-12(19)8-18-15(20)14-9(2)13-10(16)5-4-6-11(13)21-14/h4-6H,3,7-8H2,1-2H3,(H,17,19)(H,18,20). The Labute approximate surface area is 126 Å². The van der Waals surface area contributed by atoms with Crippen molar-refractivity contribution in [3.63, 3.8) is 0 Å². The number of amides is 2. The largest absolute Gasteiger partial charge is 0.355 e. The number of thiophene rings is 1. The molecule has 2 aromatic rings. The Balaban J connectivity index is 2.11. The van der Waals surface area contributed by atoms with E-state index in [4.69, 9.17) is 0 Å². The molecule has 0 bridgehead atoms. The minimum Gasteiger partial charge on any atom is -0.355 e. The van der Waals surface area contributed by atoms with E-state index in [2.05, 4.69) is 10.6 Å². The van der Waals surface area contributed by atoms with Crippen molar-refractivity contribution in [3.8, 4) is 0 Å². The van der Waals surface area contributed by atoms with Crippen LogP contribution in [0.5, 0.6) is 0 Å². The molecule has 2 rings (SSSR count). The molecular weight excluding hydrogens is 291 g/mol. The Morgan fingerprint density at radius 2 is 2.05 bits per heavy atom. The molecule has 0 saturated heterocycles. The van der Waals surface area contributed by atoms with Crippen LogP contribution >= 0.6 is 11.3 Å². The lowest BCUT2D eigenvalue weighted by molar-refractivity contribution is -0.120. The molecule has 0 fully saturated rings. The highest BCUT2D eigenvalue weighted by molar-refractivity contribution is 7.21. The number of halogens is 1. The van der Waals surface area contributed by atoms with Gasteiger partial charge in [0.05, 0.1) is 11.4 Å². The van der Waals surface area contributed by atoms with Crippen LogP contribution in [0.2, 0.25) is 0 Å². The molecule has 6 heteroatoms. The molecule has 1 aromatic heterocycles. The van der Waals surface area contributed by atoms with E-state index in [1.54, 1.807) is 19.1 Å². The fourth-order valence-electron chi connectivity index (χ4n) is 2.04. The van der Waals surface area contributed by atoms with Crippen molar-refractivity contribution in [2.24, 2.45) is 0 Å². The van der Waals surface area contributed by atoms with Gasteiger partial charge in [-0.25, -0.2) is 4.39 Å². The van der Waals surface area contributed by atoms with Gasteiger partial charge in [-0.2, -0.15) is 0 Å². The second kappa shape index (κ2) is 6.67. The van der Waals surface area contributed by atoms with Crippen molar-refractivity contribution < 1.29 is 14.0 Å². The molecule has 112 valence electrons. The number of fused-ring (bicyclic) bond motifs is 1. The third-order valence-corrected chi connectivity index (χ3v) is 4.35. The van der Waals surface area contributed by atoms with Gasteiger partial charge in [0.2, 0.25) is 5.91 Å². The quantitative estimate of drug-likeness (QED) is 0.892. The highest BCUT2D eigenvalue weighted by Gasteiger charge is 2.18. The lowest BCUT2D eigenvalue weighted by Gasteiger charge is -2.05. The predicted octanol–water partition coefficient (Wildman–Crippen LogP) is 2.60. The molecule has 0 aliphatic heterocycles. The van der Waals surface area contributed by atoms with E-state index in [1.165, 1.54) is 17.4 Å². The predicted molar refractivity (Wildman–Crippen MR) is 82.2 cm³/mol. The fourth-order valence-corrected chi connectivity index (χ4v) is 3.18. The number of carbonyl (C=O) groups excluding carboxylic acids is 2. The Morgan fingerprint density at radius 1 is 1.29 bits per heavy atom. The summed E-state index contributed by atoms with van der Waals surface area (Å²) in [6, 6.07) is 4.77. The van der Waals surface area contributed by atoms with Gasteiger partial charge in [0, 0.05) is 16.6 Å². The summed E-state index contributed by atoms with van der Waals surface area (Å²) in [6.07, 6.45) is 0.842. The van der Waals surface area contributed by atoms with Gasteiger partial charge in [-0.05, 0) is 31.0 Å². The van der Waals surface area contributed by atoms with E-state index in [0.717, 1.165) is 11.1 Å². The summed E-state index contributed by atoms with van der Waals surface area (Å²) in [5.74, 6) is -0.907. The van der Waals surface area contributed by atoms with Gasteiger partial charge in [-0.3, -0.25) is 9.59 Å². The molecule has 0 unspecified atom stereocenters. The number of carbonyl (C=O) groups is 2. The molecule has 0 aliphatic rings. The molecule has 1 heterocycles. The SMILES string of the molecule is CCCNC(=O)CNC(=O)c1sc2cccc(F)c2c1C. The third-order valence-electron chi connectivity index (χ3n) is 3.09. The Bertz CT molecular complexity index is 682. The summed E-state index contributed by atoms with van der Waals surface area (Å²) in [5, 5.41) is 5.72. The van der Waals surface area contributed by atoms with Crippen LogP contribution in [0.1, 0.15) is 28.6 Å². The molecule has 0 spiro atoms. The van der Waals surface area contributed by atoms with Gasteiger partial charge < -0.3 is 10.6 Å². The number of hydrogen-bond donors (Lipinski definition) is 2. The smallest absolute Gasteiger partial charge is 0.262 e. The topological polar surface area (TPSA) is 58.2 Å². The molecule has 21 heavy (non-hydrogen) atoms. The van der Waals surface area contributed by atoms with Crippen LogP contribution in [0.4, 0.5) is 4.39 Å². The van der Waals surface area contributed by atoms with Crippen LogP contribution in [-0.4, -0.2) is 24.9 Å². The normalized spacial score (nSPS) is 10.6. The number of nitrogens with one attached hydrogen (secondary N) is 2. The fraction of sp³-hybridized carbons (Fsp3) is 0.333. The molecule has 2 amide bonds. The first-order chi connectivity index (χ1) is 10.0. The van der Waals surface area contributed by atoms with Crippen molar-refractivity contribution in [3.05, 3.63) is 34.5 Å². The van der Waals surface area contributed by atoms with Gasteiger partial charge in [0.25, 0.3) is 5.91 Å². The minimum atomic E-state index is -0.347. The second-order valence-corrected chi connectivity index (χ2v) is 5.75. The van der Waals surface area contributed by atoms with Crippen LogP contribution in [0.25, 0.3) is 10.1 Å². The van der Waals surface area contributed by atoms with Gasteiger partial charge >= 0.3 is 0 Å². The maximum Gasteiger partial charge on any atom is 0.262 e. The van der Waals surface area contributed by atoms with E-state index in [1.807, 2.05) is 6.92 Å². The Hall–Kier alpha value is -1.95. The lowest BCUT2D eigenvalue weighted by atomic mass is 10.1. The first-order valence-corrected chi connectivity index (χ1v) is 7.58. The second-order valence-electron chi connectivity index (χ2n) is 4.70. The number of aryl methyl sites for hydroxylation is 1. The molecule has 2 N–H and O–H groups in total. The van der Waals surface area contributed by atoms with Gasteiger partial charge in [-0.1, -0.05) is 13.0 Å². The maximum absolute atomic E-state index is 13.8. The minimum absolute atomic E-state index is 0.0744. The van der Waals surface area contributed by atoms with Gasteiger partial charge in [0.15, 0.2) is 0 Å². The van der Waals surface area contributed by atoms with Crippen molar-refractivity contribution in [1.29, 1.82) is 0 Å².